The van der Waals surface area contributed by atoms with Crippen LogP contribution in [0, 0.1) is 13.8 Å². The lowest BCUT2D eigenvalue weighted by atomic mass is 10.1. The number of nitrogens with one attached hydrogen (secondary N) is 2. The Morgan fingerprint density at radius 1 is 1.33 bits per heavy atom. The van der Waals surface area contributed by atoms with Crippen LogP contribution in [0.5, 0.6) is 5.75 Å². The Morgan fingerprint density at radius 2 is 2.00 bits per heavy atom. The number of benzene rings is 1. The van der Waals surface area contributed by atoms with Crippen molar-refractivity contribution < 1.29 is 9.90 Å². The number of amides is 1. The number of hydrogen-bond donors (Lipinski definition) is 3. The largest absolute Gasteiger partial charge is 0.508 e. The van der Waals surface area contributed by atoms with Crippen LogP contribution in [-0.2, 0) is 11.2 Å². The van der Waals surface area contributed by atoms with Crippen LogP contribution in [-0.4, -0.2) is 21.2 Å². The van der Waals surface area contributed by atoms with Crippen molar-refractivity contribution in [3.05, 3.63) is 41.1 Å². The summed E-state index contributed by atoms with van der Waals surface area (Å²) >= 11 is 0. The fraction of sp³-hybridized carbons (Fsp3) is 0.231. The number of aryl methyl sites for hydroxylation is 1. The highest BCUT2D eigenvalue weighted by molar-refractivity contribution is 5.92. The lowest BCUT2D eigenvalue weighted by Gasteiger charge is -2.03. The summed E-state index contributed by atoms with van der Waals surface area (Å²) < 4.78 is 0. The third-order valence-electron chi connectivity index (χ3n) is 2.81. The van der Waals surface area contributed by atoms with E-state index in [1.165, 1.54) is 0 Å². The molecule has 0 aliphatic heterocycles. The molecule has 0 saturated carbocycles. The minimum atomic E-state index is -0.129. The highest BCUT2D eigenvalue weighted by Crippen LogP contribution is 2.15. The maximum atomic E-state index is 11.8. The summed E-state index contributed by atoms with van der Waals surface area (Å²) in [4.78, 5) is 11.8. The van der Waals surface area contributed by atoms with Crippen LogP contribution in [0.4, 0.5) is 5.82 Å². The molecule has 0 fully saturated rings. The molecule has 18 heavy (non-hydrogen) atoms. The molecule has 1 aromatic heterocycles. The van der Waals surface area contributed by atoms with E-state index >= 15 is 0 Å². The summed E-state index contributed by atoms with van der Waals surface area (Å²) in [6.07, 6.45) is 0.256. The Kier molecular flexibility index (Phi) is 3.32. The van der Waals surface area contributed by atoms with E-state index in [-0.39, 0.29) is 18.1 Å². The van der Waals surface area contributed by atoms with Gasteiger partial charge in [-0.2, -0.15) is 5.10 Å². The molecule has 1 heterocycles. The van der Waals surface area contributed by atoms with Gasteiger partial charge in [-0.3, -0.25) is 9.89 Å². The van der Waals surface area contributed by atoms with Crippen LogP contribution in [0.25, 0.3) is 0 Å². The molecule has 0 aliphatic carbocycles. The quantitative estimate of drug-likeness (QED) is 0.773. The van der Waals surface area contributed by atoms with Gasteiger partial charge in [-0.1, -0.05) is 12.1 Å². The molecule has 3 N–H and O–H groups in total. The van der Waals surface area contributed by atoms with Crippen molar-refractivity contribution in [2.24, 2.45) is 0 Å². The molecule has 2 aromatic rings. The van der Waals surface area contributed by atoms with E-state index in [0.717, 1.165) is 16.8 Å². The Labute approximate surface area is 105 Å². The molecule has 1 aromatic carbocycles. The number of hydrogen-bond acceptors (Lipinski definition) is 3. The molecule has 5 heteroatoms. The number of aromatic amines is 1. The van der Waals surface area contributed by atoms with E-state index in [4.69, 9.17) is 5.11 Å². The highest BCUT2D eigenvalue weighted by Gasteiger charge is 2.09. The lowest BCUT2D eigenvalue weighted by Crippen LogP contribution is -2.15. The van der Waals surface area contributed by atoms with Crippen LogP contribution in [0.15, 0.2) is 24.3 Å². The minimum Gasteiger partial charge on any atom is -0.508 e. The second kappa shape index (κ2) is 4.91. The number of nitrogens with zero attached hydrogens (tertiary/aromatic N) is 1. The fourth-order valence-electron chi connectivity index (χ4n) is 1.58. The molecule has 1 amide bonds. The van der Waals surface area contributed by atoms with Gasteiger partial charge < -0.3 is 10.4 Å². The number of carbonyl (C=O) groups excluding carboxylic acids is 1. The van der Waals surface area contributed by atoms with Gasteiger partial charge in [0.05, 0.1) is 6.42 Å². The Bertz CT molecular complexity index is 558. The normalized spacial score (nSPS) is 10.3. The van der Waals surface area contributed by atoms with Crippen molar-refractivity contribution >= 4 is 11.7 Å². The lowest BCUT2D eigenvalue weighted by molar-refractivity contribution is -0.115. The first-order chi connectivity index (χ1) is 8.56. The van der Waals surface area contributed by atoms with Crippen LogP contribution in [0.3, 0.4) is 0 Å². The average molecular weight is 245 g/mol. The molecule has 0 radical (unpaired) electrons. The Balaban J connectivity index is 2.01. The predicted molar refractivity (Wildman–Crippen MR) is 68.5 cm³/mol. The highest BCUT2D eigenvalue weighted by atomic mass is 16.3. The zero-order chi connectivity index (χ0) is 13.1. The van der Waals surface area contributed by atoms with Crippen LogP contribution >= 0.6 is 0 Å². The second-order valence-electron chi connectivity index (χ2n) is 4.21. The summed E-state index contributed by atoms with van der Waals surface area (Å²) in [5.74, 6) is 0.629. The van der Waals surface area contributed by atoms with E-state index in [9.17, 15) is 4.79 Å². The van der Waals surface area contributed by atoms with E-state index in [1.54, 1.807) is 24.3 Å². The van der Waals surface area contributed by atoms with Gasteiger partial charge in [0.2, 0.25) is 5.91 Å². The maximum Gasteiger partial charge on any atom is 0.230 e. The molecule has 0 atom stereocenters. The van der Waals surface area contributed by atoms with E-state index in [2.05, 4.69) is 15.5 Å². The number of rotatable bonds is 3. The molecule has 5 nitrogen and oxygen atoms in total. The third-order valence-corrected chi connectivity index (χ3v) is 2.81. The molecular formula is C13H15N3O2. The smallest absolute Gasteiger partial charge is 0.230 e. The summed E-state index contributed by atoms with van der Waals surface area (Å²) in [5, 5.41) is 18.7. The van der Waals surface area contributed by atoms with Gasteiger partial charge >= 0.3 is 0 Å². The average Bonchev–Trinajstić information content (AvgIpc) is 2.64. The van der Waals surface area contributed by atoms with Crippen LogP contribution < -0.4 is 5.32 Å². The monoisotopic (exact) mass is 245 g/mol. The first-order valence-electron chi connectivity index (χ1n) is 5.65. The molecule has 0 aliphatic rings. The van der Waals surface area contributed by atoms with Crippen molar-refractivity contribution in [1.29, 1.82) is 0 Å². The van der Waals surface area contributed by atoms with Gasteiger partial charge in [0.25, 0.3) is 0 Å². The summed E-state index contributed by atoms with van der Waals surface area (Å²) in [7, 11) is 0. The Hall–Kier alpha value is -2.30. The van der Waals surface area contributed by atoms with Crippen molar-refractivity contribution in [2.45, 2.75) is 20.3 Å². The van der Waals surface area contributed by atoms with Gasteiger partial charge in [-0.25, -0.2) is 0 Å². The summed E-state index contributed by atoms with van der Waals surface area (Å²) in [5.41, 5.74) is 2.72. The molecular weight excluding hydrogens is 230 g/mol. The minimum absolute atomic E-state index is 0.129. The topological polar surface area (TPSA) is 78.0 Å². The number of carbonyl (C=O) groups is 1. The van der Waals surface area contributed by atoms with E-state index in [0.29, 0.717) is 5.82 Å². The molecule has 0 spiro atoms. The van der Waals surface area contributed by atoms with Gasteiger partial charge in [-0.15, -0.1) is 0 Å². The fourth-order valence-corrected chi connectivity index (χ4v) is 1.58. The van der Waals surface area contributed by atoms with Gasteiger partial charge in [-0.05, 0) is 31.5 Å². The van der Waals surface area contributed by atoms with E-state index in [1.807, 2.05) is 13.8 Å². The number of aromatic hydroxyl groups is 1. The number of anilines is 1. The van der Waals surface area contributed by atoms with E-state index < -0.39 is 0 Å². The molecule has 94 valence electrons. The van der Waals surface area contributed by atoms with Crippen LogP contribution in [0.1, 0.15) is 16.8 Å². The van der Waals surface area contributed by atoms with Gasteiger partial charge in [0.1, 0.15) is 5.75 Å². The molecule has 2 rings (SSSR count). The van der Waals surface area contributed by atoms with Gasteiger partial charge in [0, 0.05) is 11.3 Å². The molecule has 0 bridgehead atoms. The number of H-pyrrole nitrogens is 1. The SMILES string of the molecule is Cc1[nH]nc(NC(=O)Cc2ccc(O)cc2)c1C. The predicted octanol–water partition coefficient (Wildman–Crippen LogP) is 1.91. The molecule has 0 unspecified atom stereocenters. The maximum absolute atomic E-state index is 11.8. The number of aromatic nitrogens is 2. The second-order valence-corrected chi connectivity index (χ2v) is 4.21. The third kappa shape index (κ3) is 2.68. The first kappa shape index (κ1) is 12.2. The molecule has 0 saturated heterocycles. The first-order valence-corrected chi connectivity index (χ1v) is 5.65. The van der Waals surface area contributed by atoms with Crippen molar-refractivity contribution in [3.8, 4) is 5.75 Å². The Morgan fingerprint density at radius 3 is 2.56 bits per heavy atom. The van der Waals surface area contributed by atoms with Crippen molar-refractivity contribution in [1.82, 2.24) is 10.2 Å². The summed E-state index contributed by atoms with van der Waals surface area (Å²) in [6, 6.07) is 6.56. The zero-order valence-electron chi connectivity index (χ0n) is 10.3. The summed E-state index contributed by atoms with van der Waals surface area (Å²) in [6.45, 7) is 3.80. The van der Waals surface area contributed by atoms with Crippen molar-refractivity contribution in [3.63, 3.8) is 0 Å². The number of phenols is 1. The van der Waals surface area contributed by atoms with Crippen molar-refractivity contribution in [2.75, 3.05) is 5.32 Å². The number of phenolic OH excluding ortho intramolecular Hbond substituents is 1. The zero-order valence-corrected chi connectivity index (χ0v) is 10.3. The van der Waals surface area contributed by atoms with Crippen LogP contribution in [0.2, 0.25) is 0 Å². The van der Waals surface area contributed by atoms with Gasteiger partial charge in [0.15, 0.2) is 5.82 Å². The standard InChI is InChI=1S/C13H15N3O2/c1-8-9(2)15-16-13(8)14-12(18)7-10-3-5-11(17)6-4-10/h3-6,17H,7H2,1-2H3,(H2,14,15,16,18).